The zero-order chi connectivity index (χ0) is 19.7. The van der Waals surface area contributed by atoms with Crippen molar-refractivity contribution >= 4 is 34.4 Å². The Bertz CT molecular complexity index is 1160. The zero-order valence-electron chi connectivity index (χ0n) is 15.7. The van der Waals surface area contributed by atoms with E-state index >= 15 is 0 Å². The molecule has 142 valence electrons. The highest BCUT2D eigenvalue weighted by Gasteiger charge is 2.30. The molecule has 3 aromatic rings. The van der Waals surface area contributed by atoms with Gasteiger partial charge in [0.15, 0.2) is 5.82 Å². The van der Waals surface area contributed by atoms with Crippen molar-refractivity contribution < 1.29 is 4.79 Å². The first-order chi connectivity index (χ1) is 13.6. The van der Waals surface area contributed by atoms with Crippen molar-refractivity contribution in [3.05, 3.63) is 74.8 Å². The Morgan fingerprint density at radius 2 is 1.93 bits per heavy atom. The monoisotopic (exact) mass is 392 g/mol. The van der Waals surface area contributed by atoms with E-state index in [-0.39, 0.29) is 17.2 Å². The molecule has 0 spiro atoms. The standard InChI is InChI=1S/C23H21ClN2O2/c1-2-3-4-5-6-7-8-15-9-11-19-17(13-15)23(28)26-20-12-10-16(24)14-18(20)21(27)22(26)25-19/h7-14H,2-6H2,1H3/b8-7+. The summed E-state index contributed by atoms with van der Waals surface area (Å²) in [5, 5.41) is 0.969. The van der Waals surface area contributed by atoms with E-state index in [1.807, 2.05) is 18.2 Å². The summed E-state index contributed by atoms with van der Waals surface area (Å²) in [6.45, 7) is 2.20. The van der Waals surface area contributed by atoms with Crippen LogP contribution in [0.15, 0.2) is 47.3 Å². The lowest BCUT2D eigenvalue weighted by molar-refractivity contribution is 0.103. The van der Waals surface area contributed by atoms with Crippen LogP contribution in [0.25, 0.3) is 22.7 Å². The van der Waals surface area contributed by atoms with Gasteiger partial charge in [-0.1, -0.05) is 56.0 Å². The summed E-state index contributed by atoms with van der Waals surface area (Å²) in [6.07, 6.45) is 10.1. The van der Waals surface area contributed by atoms with E-state index in [0.29, 0.717) is 27.2 Å². The van der Waals surface area contributed by atoms with Gasteiger partial charge < -0.3 is 0 Å². The number of hydrogen-bond acceptors (Lipinski definition) is 3. The van der Waals surface area contributed by atoms with Gasteiger partial charge in [-0.3, -0.25) is 14.2 Å². The summed E-state index contributed by atoms with van der Waals surface area (Å²) in [6, 6.07) is 10.5. The number of benzene rings is 2. The summed E-state index contributed by atoms with van der Waals surface area (Å²) in [5.41, 5.74) is 2.22. The number of hydrogen-bond donors (Lipinski definition) is 0. The van der Waals surface area contributed by atoms with Crippen LogP contribution in [-0.4, -0.2) is 15.3 Å². The number of allylic oxidation sites excluding steroid dienone is 1. The third kappa shape index (κ3) is 3.29. The van der Waals surface area contributed by atoms with Crippen molar-refractivity contribution in [2.24, 2.45) is 0 Å². The van der Waals surface area contributed by atoms with Crippen molar-refractivity contribution in [2.75, 3.05) is 0 Å². The summed E-state index contributed by atoms with van der Waals surface area (Å²) in [4.78, 5) is 30.2. The molecule has 28 heavy (non-hydrogen) atoms. The van der Waals surface area contributed by atoms with E-state index in [1.54, 1.807) is 24.3 Å². The van der Waals surface area contributed by atoms with Crippen LogP contribution >= 0.6 is 11.6 Å². The number of carbonyl (C=O) groups excluding carboxylic acids is 1. The lowest BCUT2D eigenvalue weighted by Crippen LogP contribution is -2.21. The highest BCUT2D eigenvalue weighted by molar-refractivity contribution is 6.31. The number of aromatic nitrogens is 2. The van der Waals surface area contributed by atoms with Crippen molar-refractivity contribution in [2.45, 2.75) is 39.0 Å². The van der Waals surface area contributed by atoms with Crippen LogP contribution < -0.4 is 5.56 Å². The van der Waals surface area contributed by atoms with Crippen LogP contribution in [-0.2, 0) is 0 Å². The second-order valence-electron chi connectivity index (χ2n) is 7.09. The molecule has 4 rings (SSSR count). The highest BCUT2D eigenvalue weighted by atomic mass is 35.5. The van der Waals surface area contributed by atoms with Crippen LogP contribution in [0.5, 0.6) is 0 Å². The summed E-state index contributed by atoms with van der Waals surface area (Å²) < 4.78 is 1.40. The zero-order valence-corrected chi connectivity index (χ0v) is 16.5. The molecule has 0 unspecified atom stereocenters. The lowest BCUT2D eigenvalue weighted by atomic mass is 10.1. The first-order valence-corrected chi connectivity index (χ1v) is 10.1. The van der Waals surface area contributed by atoms with E-state index < -0.39 is 0 Å². The van der Waals surface area contributed by atoms with Crippen LogP contribution in [0, 0.1) is 0 Å². The predicted molar refractivity (Wildman–Crippen MR) is 114 cm³/mol. The van der Waals surface area contributed by atoms with Crippen molar-refractivity contribution in [1.29, 1.82) is 0 Å². The maximum absolute atomic E-state index is 13.1. The molecule has 1 aliphatic rings. The van der Waals surface area contributed by atoms with Crippen LogP contribution in [0.1, 0.15) is 60.8 Å². The molecule has 0 bridgehead atoms. The maximum Gasteiger partial charge on any atom is 0.266 e. The number of halogens is 1. The first kappa shape index (κ1) is 18.6. The fourth-order valence-electron chi connectivity index (χ4n) is 3.60. The Morgan fingerprint density at radius 3 is 2.75 bits per heavy atom. The molecule has 0 radical (unpaired) electrons. The number of fused-ring (bicyclic) bond motifs is 4. The second-order valence-corrected chi connectivity index (χ2v) is 7.53. The molecule has 0 atom stereocenters. The quantitative estimate of drug-likeness (QED) is 0.403. The number of unbranched alkanes of at least 4 members (excludes halogenated alkanes) is 4. The van der Waals surface area contributed by atoms with Crippen molar-refractivity contribution in [3.8, 4) is 5.69 Å². The van der Waals surface area contributed by atoms with Gasteiger partial charge in [0.25, 0.3) is 5.56 Å². The molecule has 0 amide bonds. The molecule has 0 aliphatic carbocycles. The topological polar surface area (TPSA) is 52.0 Å². The molecule has 4 nitrogen and oxygen atoms in total. The van der Waals surface area contributed by atoms with E-state index in [4.69, 9.17) is 11.6 Å². The minimum absolute atomic E-state index is 0.147. The highest BCUT2D eigenvalue weighted by Crippen LogP contribution is 2.28. The minimum atomic E-state index is -0.271. The Hall–Kier alpha value is -2.72. The molecular weight excluding hydrogens is 372 g/mol. The molecule has 2 heterocycles. The summed E-state index contributed by atoms with van der Waals surface area (Å²) >= 11 is 6.02. The average Bonchev–Trinajstić information content (AvgIpc) is 2.97. The summed E-state index contributed by atoms with van der Waals surface area (Å²) in [5.74, 6) is -0.124. The van der Waals surface area contributed by atoms with E-state index in [9.17, 15) is 9.59 Å². The largest absolute Gasteiger partial charge is 0.285 e. The van der Waals surface area contributed by atoms with Crippen molar-refractivity contribution in [3.63, 3.8) is 0 Å². The molecule has 0 saturated carbocycles. The molecule has 0 N–H and O–H groups in total. The molecule has 0 fully saturated rings. The SMILES string of the molecule is CCCCCC/C=C/c1ccc2nc3n(c(=O)c2c1)-c1ccc(Cl)cc1C3=O. The molecular formula is C23H21ClN2O2. The third-order valence-corrected chi connectivity index (χ3v) is 5.31. The van der Waals surface area contributed by atoms with Gasteiger partial charge in [-0.25, -0.2) is 4.98 Å². The molecule has 0 saturated heterocycles. The molecule has 1 aliphatic heterocycles. The smallest absolute Gasteiger partial charge is 0.266 e. The van der Waals surface area contributed by atoms with Gasteiger partial charge in [0.05, 0.1) is 22.2 Å². The summed E-state index contributed by atoms with van der Waals surface area (Å²) in [7, 11) is 0. The number of carbonyl (C=O) groups is 1. The number of ketones is 1. The van der Waals surface area contributed by atoms with Gasteiger partial charge in [-0.15, -0.1) is 0 Å². The van der Waals surface area contributed by atoms with Crippen LogP contribution in [0.3, 0.4) is 0 Å². The third-order valence-electron chi connectivity index (χ3n) is 5.07. The van der Waals surface area contributed by atoms with Gasteiger partial charge in [0, 0.05) is 5.02 Å². The molecule has 1 aromatic heterocycles. The van der Waals surface area contributed by atoms with E-state index in [2.05, 4.69) is 18.0 Å². The van der Waals surface area contributed by atoms with Gasteiger partial charge in [-0.2, -0.15) is 0 Å². The predicted octanol–water partition coefficient (Wildman–Crippen LogP) is 5.57. The fourth-order valence-corrected chi connectivity index (χ4v) is 3.77. The average molecular weight is 393 g/mol. The minimum Gasteiger partial charge on any atom is -0.285 e. The fraction of sp³-hybridized carbons (Fsp3) is 0.261. The van der Waals surface area contributed by atoms with Gasteiger partial charge in [0.1, 0.15) is 0 Å². The number of rotatable bonds is 6. The van der Waals surface area contributed by atoms with Crippen molar-refractivity contribution in [1.82, 2.24) is 9.55 Å². The van der Waals surface area contributed by atoms with Crippen LogP contribution in [0.4, 0.5) is 0 Å². The van der Waals surface area contributed by atoms with Gasteiger partial charge in [-0.05, 0) is 48.7 Å². The Balaban J connectivity index is 1.71. The Kier molecular flexibility index (Phi) is 5.14. The second kappa shape index (κ2) is 7.72. The van der Waals surface area contributed by atoms with Gasteiger partial charge >= 0.3 is 0 Å². The maximum atomic E-state index is 13.1. The van der Waals surface area contributed by atoms with E-state index in [1.165, 1.54) is 30.3 Å². The van der Waals surface area contributed by atoms with Crippen LogP contribution in [0.2, 0.25) is 5.02 Å². The van der Waals surface area contributed by atoms with Gasteiger partial charge in [0.2, 0.25) is 5.78 Å². The first-order valence-electron chi connectivity index (χ1n) is 9.68. The van der Waals surface area contributed by atoms with E-state index in [0.717, 1.165) is 12.0 Å². The normalized spacial score (nSPS) is 12.7. The molecule has 5 heteroatoms. The lowest BCUT2D eigenvalue weighted by Gasteiger charge is -2.06. The number of nitrogens with zero attached hydrogens (tertiary/aromatic N) is 2. The Labute approximate surface area is 168 Å². The Morgan fingerprint density at radius 1 is 1.07 bits per heavy atom. The molecule has 2 aromatic carbocycles.